The molecule has 1 aromatic heterocycles. The lowest BCUT2D eigenvalue weighted by Crippen LogP contribution is -2.50. The Morgan fingerprint density at radius 3 is 2.03 bits per heavy atom. The molecule has 0 saturated heterocycles. The Kier molecular flexibility index (Phi) is 7.31. The molecular weight excluding hydrogens is 552 g/mol. The van der Waals surface area contributed by atoms with E-state index < -0.39 is 33.6 Å². The van der Waals surface area contributed by atoms with Gasteiger partial charge in [-0.15, -0.1) is 5.10 Å². The number of carbonyl (C=O) groups is 1. The number of H-pyrrole nitrogens is 1. The standard InChI is InChI=1S/C20H12Cl3F7N4O/c1-8(35)31-7-10-4-9(2-3-12(10)21)16-17(33-34-32-16)15-13(22)5-11(6-14(15)23)18(24,19(25,26)27)20(28,29)30/h2-6H,7H2,1H3,(H,31,35)(H,32,33,34). The molecule has 1 heterocycles. The second kappa shape index (κ2) is 9.47. The lowest BCUT2D eigenvalue weighted by atomic mass is 9.92. The van der Waals surface area contributed by atoms with Gasteiger partial charge in [0, 0.05) is 35.2 Å². The third-order valence-electron chi connectivity index (χ3n) is 4.87. The van der Waals surface area contributed by atoms with Gasteiger partial charge in [-0.05, 0) is 29.8 Å². The predicted molar refractivity (Wildman–Crippen MR) is 115 cm³/mol. The second-order valence-electron chi connectivity index (χ2n) is 7.22. The molecule has 2 N–H and O–H groups in total. The van der Waals surface area contributed by atoms with E-state index >= 15 is 0 Å². The van der Waals surface area contributed by atoms with Gasteiger partial charge in [-0.3, -0.25) is 9.89 Å². The van der Waals surface area contributed by atoms with E-state index in [0.29, 0.717) is 16.1 Å². The lowest BCUT2D eigenvalue weighted by molar-refractivity contribution is -0.348. The van der Waals surface area contributed by atoms with Crippen molar-refractivity contribution in [2.24, 2.45) is 0 Å². The minimum Gasteiger partial charge on any atom is -0.352 e. The van der Waals surface area contributed by atoms with Crippen molar-refractivity contribution in [2.45, 2.75) is 31.5 Å². The maximum atomic E-state index is 14.5. The molecule has 3 rings (SSSR count). The highest BCUT2D eigenvalue weighted by Gasteiger charge is 2.73. The number of benzene rings is 2. The van der Waals surface area contributed by atoms with Gasteiger partial charge in [0.15, 0.2) is 0 Å². The Balaban J connectivity index is 2.13. The maximum Gasteiger partial charge on any atom is 0.435 e. The quantitative estimate of drug-likeness (QED) is 0.328. The molecule has 0 bridgehead atoms. The largest absolute Gasteiger partial charge is 0.435 e. The highest BCUT2D eigenvalue weighted by molar-refractivity contribution is 6.39. The van der Waals surface area contributed by atoms with E-state index in [9.17, 15) is 35.5 Å². The van der Waals surface area contributed by atoms with Crippen molar-refractivity contribution in [3.8, 4) is 22.5 Å². The van der Waals surface area contributed by atoms with E-state index in [2.05, 4.69) is 20.7 Å². The molecule has 0 saturated carbocycles. The molecule has 5 nitrogen and oxygen atoms in total. The van der Waals surface area contributed by atoms with Gasteiger partial charge in [-0.1, -0.05) is 46.1 Å². The van der Waals surface area contributed by atoms with Crippen LogP contribution in [0.1, 0.15) is 18.1 Å². The van der Waals surface area contributed by atoms with Crippen LogP contribution in [0.2, 0.25) is 15.1 Å². The van der Waals surface area contributed by atoms with Crippen LogP contribution in [0.5, 0.6) is 0 Å². The summed E-state index contributed by atoms with van der Waals surface area (Å²) >= 11 is 18.1. The molecule has 0 radical (unpaired) electrons. The Morgan fingerprint density at radius 2 is 1.51 bits per heavy atom. The third kappa shape index (κ3) is 5.05. The average Bonchev–Trinajstić information content (AvgIpc) is 3.19. The van der Waals surface area contributed by atoms with E-state index in [0.717, 1.165) is 0 Å². The van der Waals surface area contributed by atoms with E-state index in [-0.39, 0.29) is 41.5 Å². The first-order valence-corrected chi connectivity index (χ1v) is 10.5. The zero-order valence-corrected chi connectivity index (χ0v) is 19.4. The normalized spacial score (nSPS) is 12.7. The van der Waals surface area contributed by atoms with Crippen molar-refractivity contribution in [2.75, 3.05) is 0 Å². The van der Waals surface area contributed by atoms with E-state index in [1.54, 1.807) is 0 Å². The van der Waals surface area contributed by atoms with Gasteiger partial charge in [-0.25, -0.2) is 4.39 Å². The minimum atomic E-state index is -6.34. The van der Waals surface area contributed by atoms with Gasteiger partial charge in [0.1, 0.15) is 5.69 Å². The van der Waals surface area contributed by atoms with Crippen LogP contribution in [0, 0.1) is 0 Å². The number of hydrogen-bond donors (Lipinski definition) is 2. The van der Waals surface area contributed by atoms with Gasteiger partial charge in [0.05, 0.1) is 15.7 Å². The third-order valence-corrected chi connectivity index (χ3v) is 5.83. The zero-order chi connectivity index (χ0) is 26.3. The molecule has 0 fully saturated rings. The fourth-order valence-electron chi connectivity index (χ4n) is 3.18. The Labute approximate surface area is 207 Å². The van der Waals surface area contributed by atoms with Crippen LogP contribution in [0.4, 0.5) is 30.7 Å². The monoisotopic (exact) mass is 562 g/mol. The molecular formula is C20H12Cl3F7N4O. The summed E-state index contributed by atoms with van der Waals surface area (Å²) < 4.78 is 93.4. The summed E-state index contributed by atoms with van der Waals surface area (Å²) in [4.78, 5) is 11.2. The number of aromatic amines is 1. The molecule has 188 valence electrons. The van der Waals surface area contributed by atoms with Crippen LogP contribution >= 0.6 is 34.8 Å². The molecule has 0 unspecified atom stereocenters. The van der Waals surface area contributed by atoms with Crippen molar-refractivity contribution in [1.29, 1.82) is 0 Å². The first-order valence-electron chi connectivity index (χ1n) is 9.34. The number of nitrogens with zero attached hydrogens (tertiary/aromatic N) is 2. The van der Waals surface area contributed by atoms with Crippen molar-refractivity contribution < 1.29 is 35.5 Å². The summed E-state index contributed by atoms with van der Waals surface area (Å²) in [6, 6.07) is 4.88. The van der Waals surface area contributed by atoms with Crippen LogP contribution in [-0.4, -0.2) is 33.7 Å². The highest BCUT2D eigenvalue weighted by atomic mass is 35.5. The number of aromatic nitrogens is 3. The zero-order valence-electron chi connectivity index (χ0n) is 17.2. The number of halogens is 10. The molecule has 0 aliphatic carbocycles. The summed E-state index contributed by atoms with van der Waals surface area (Å²) in [6.07, 6.45) is -12.7. The van der Waals surface area contributed by atoms with Crippen molar-refractivity contribution in [3.05, 3.63) is 56.5 Å². The second-order valence-corrected chi connectivity index (χ2v) is 8.44. The SMILES string of the molecule is CC(=O)NCc1cc(-c2nn[nH]c2-c2c(Cl)cc(C(F)(C(F)(F)F)C(F)(F)F)cc2Cl)ccc1Cl. The fourth-order valence-corrected chi connectivity index (χ4v) is 4.04. The van der Waals surface area contributed by atoms with Gasteiger partial charge in [0.2, 0.25) is 5.91 Å². The van der Waals surface area contributed by atoms with Crippen molar-refractivity contribution >= 4 is 40.7 Å². The number of nitrogens with one attached hydrogen (secondary N) is 2. The summed E-state index contributed by atoms with van der Waals surface area (Å²) in [6.45, 7) is 1.35. The first-order chi connectivity index (χ1) is 16.1. The van der Waals surface area contributed by atoms with Crippen LogP contribution < -0.4 is 5.32 Å². The van der Waals surface area contributed by atoms with Gasteiger partial charge in [-0.2, -0.15) is 26.3 Å². The number of carbonyl (C=O) groups excluding carboxylic acids is 1. The Morgan fingerprint density at radius 1 is 0.943 bits per heavy atom. The molecule has 35 heavy (non-hydrogen) atoms. The lowest BCUT2D eigenvalue weighted by Gasteiger charge is -2.30. The van der Waals surface area contributed by atoms with Crippen molar-refractivity contribution in [3.63, 3.8) is 0 Å². The maximum absolute atomic E-state index is 14.5. The fraction of sp³-hybridized carbons (Fsp3) is 0.250. The van der Waals surface area contributed by atoms with E-state index in [4.69, 9.17) is 34.8 Å². The predicted octanol–water partition coefficient (Wildman–Crippen LogP) is 7.02. The molecule has 0 aliphatic rings. The average molecular weight is 564 g/mol. The minimum absolute atomic E-state index is 0.0544. The van der Waals surface area contributed by atoms with Crippen LogP contribution in [0.25, 0.3) is 22.5 Å². The molecule has 0 spiro atoms. The molecule has 1 amide bonds. The summed E-state index contributed by atoms with van der Waals surface area (Å²) in [7, 11) is 0. The number of amides is 1. The van der Waals surface area contributed by atoms with E-state index in [1.165, 1.54) is 25.1 Å². The summed E-state index contributed by atoms with van der Waals surface area (Å²) in [5, 5.41) is 11.3. The topological polar surface area (TPSA) is 70.7 Å². The van der Waals surface area contributed by atoms with Gasteiger partial charge >= 0.3 is 18.0 Å². The first kappa shape index (κ1) is 27.0. The molecule has 15 heteroatoms. The number of alkyl halides is 7. The summed E-state index contributed by atoms with van der Waals surface area (Å²) in [5.41, 5.74) is -7.01. The summed E-state index contributed by atoms with van der Waals surface area (Å²) in [5.74, 6) is -0.325. The van der Waals surface area contributed by atoms with E-state index in [1.807, 2.05) is 0 Å². The van der Waals surface area contributed by atoms with Gasteiger partial charge < -0.3 is 5.32 Å². The van der Waals surface area contributed by atoms with Crippen LogP contribution in [-0.2, 0) is 17.0 Å². The molecule has 3 aromatic rings. The Hall–Kier alpha value is -2.57. The van der Waals surface area contributed by atoms with Crippen molar-refractivity contribution in [1.82, 2.24) is 20.7 Å². The van der Waals surface area contributed by atoms with Crippen LogP contribution in [0.3, 0.4) is 0 Å². The Bertz CT molecular complexity index is 1240. The number of rotatable bonds is 5. The molecule has 0 atom stereocenters. The number of hydrogen-bond acceptors (Lipinski definition) is 3. The van der Waals surface area contributed by atoms with Crippen LogP contribution in [0.15, 0.2) is 30.3 Å². The highest BCUT2D eigenvalue weighted by Crippen LogP contribution is 2.55. The smallest absolute Gasteiger partial charge is 0.352 e. The van der Waals surface area contributed by atoms with Gasteiger partial charge in [0.25, 0.3) is 0 Å². The molecule has 2 aromatic carbocycles. The molecule has 0 aliphatic heterocycles.